The van der Waals surface area contributed by atoms with E-state index in [0.717, 1.165) is 13.0 Å². The molecule has 1 aromatic carbocycles. The molecule has 1 aliphatic rings. The molecule has 0 bridgehead atoms. The van der Waals surface area contributed by atoms with Gasteiger partial charge < -0.3 is 20.7 Å². The van der Waals surface area contributed by atoms with E-state index in [9.17, 15) is 9.59 Å². The molecule has 1 atom stereocenters. The summed E-state index contributed by atoms with van der Waals surface area (Å²) in [6, 6.07) is 7.17. The maximum atomic E-state index is 12.3. The zero-order chi connectivity index (χ0) is 14.5. The number of hydrogen-bond donors (Lipinski definition) is 2. The number of nitrogens with two attached hydrogens (primary N) is 1. The normalized spacial score (nSPS) is 17.2. The highest BCUT2D eigenvalue weighted by atomic mass is 16.5. The summed E-state index contributed by atoms with van der Waals surface area (Å²) in [5.74, 6) is -0.0701. The molecule has 1 aliphatic heterocycles. The predicted octanol–water partition coefficient (Wildman–Crippen LogP) is 0.265. The monoisotopic (exact) mass is 277 g/mol. The minimum Gasteiger partial charge on any atom is -0.477 e. The molecule has 1 aromatic rings. The third-order valence-electron chi connectivity index (χ3n) is 3.21. The minimum absolute atomic E-state index is 0.0257. The van der Waals surface area contributed by atoms with Crippen LogP contribution in [-0.2, 0) is 9.59 Å². The fraction of sp³-hybridized carbons (Fsp3) is 0.429. The number of anilines is 1. The first-order valence-corrected chi connectivity index (χ1v) is 6.63. The topological polar surface area (TPSA) is 84.7 Å². The molecule has 1 unspecified atom stereocenters. The maximum absolute atomic E-state index is 12.3. The lowest BCUT2D eigenvalue weighted by molar-refractivity contribution is -0.125. The van der Waals surface area contributed by atoms with Gasteiger partial charge in [-0.1, -0.05) is 12.1 Å². The molecule has 0 saturated carbocycles. The van der Waals surface area contributed by atoms with Crippen LogP contribution in [0, 0.1) is 0 Å². The number of primary amides is 1. The van der Waals surface area contributed by atoms with E-state index in [1.165, 1.54) is 0 Å². The highest BCUT2D eigenvalue weighted by molar-refractivity contribution is 5.97. The van der Waals surface area contributed by atoms with Gasteiger partial charge in [-0.25, -0.2) is 0 Å². The number of nitrogens with zero attached hydrogens (tertiary/aromatic N) is 1. The van der Waals surface area contributed by atoms with Gasteiger partial charge in [0.1, 0.15) is 5.75 Å². The summed E-state index contributed by atoms with van der Waals surface area (Å²) >= 11 is 0. The minimum atomic E-state index is -0.793. The average molecular weight is 277 g/mol. The molecule has 1 heterocycles. The van der Waals surface area contributed by atoms with Gasteiger partial charge in [0, 0.05) is 6.42 Å². The Morgan fingerprint density at radius 3 is 2.90 bits per heavy atom. The van der Waals surface area contributed by atoms with Gasteiger partial charge >= 0.3 is 0 Å². The first-order chi connectivity index (χ1) is 9.63. The summed E-state index contributed by atoms with van der Waals surface area (Å²) in [5.41, 5.74) is 5.99. The van der Waals surface area contributed by atoms with Crippen LogP contribution in [0.2, 0.25) is 0 Å². The van der Waals surface area contributed by atoms with Crippen molar-refractivity contribution in [2.24, 2.45) is 5.73 Å². The van der Waals surface area contributed by atoms with E-state index >= 15 is 0 Å². The molecule has 108 valence electrons. The Balaban J connectivity index is 2.18. The first-order valence-electron chi connectivity index (χ1n) is 6.63. The van der Waals surface area contributed by atoms with Gasteiger partial charge in [0.15, 0.2) is 6.10 Å². The van der Waals surface area contributed by atoms with E-state index in [2.05, 4.69) is 5.32 Å². The molecule has 2 rings (SSSR count). The van der Waals surface area contributed by atoms with Crippen LogP contribution >= 0.6 is 0 Å². The Bertz CT molecular complexity index is 504. The van der Waals surface area contributed by atoms with Crippen LogP contribution in [-0.4, -0.2) is 38.1 Å². The molecule has 6 heteroatoms. The van der Waals surface area contributed by atoms with E-state index in [4.69, 9.17) is 10.5 Å². The molecule has 3 N–H and O–H groups in total. The Kier molecular flexibility index (Phi) is 4.57. The van der Waals surface area contributed by atoms with Crippen LogP contribution in [0.25, 0.3) is 0 Å². The standard InChI is InChI=1S/C14H19N3O3/c1-16-8-4-7-13(18)17-9-12(14(15)19)20-11-6-3-2-5-10(11)17/h2-3,5-6,12,16H,4,7-9H2,1H3,(H2,15,19). The average Bonchev–Trinajstić information content (AvgIpc) is 2.46. The maximum Gasteiger partial charge on any atom is 0.260 e. The highest BCUT2D eigenvalue weighted by Crippen LogP contribution is 2.33. The van der Waals surface area contributed by atoms with Gasteiger partial charge in [0.25, 0.3) is 5.91 Å². The Hall–Kier alpha value is -2.08. The lowest BCUT2D eigenvalue weighted by atomic mass is 10.1. The van der Waals surface area contributed by atoms with Crippen molar-refractivity contribution >= 4 is 17.5 Å². The number of carbonyl (C=O) groups is 2. The van der Waals surface area contributed by atoms with Crippen molar-refractivity contribution in [2.45, 2.75) is 18.9 Å². The van der Waals surface area contributed by atoms with Crippen molar-refractivity contribution < 1.29 is 14.3 Å². The van der Waals surface area contributed by atoms with E-state index in [1.807, 2.05) is 19.2 Å². The van der Waals surface area contributed by atoms with Gasteiger partial charge in [-0.05, 0) is 32.1 Å². The molecule has 0 saturated heterocycles. The summed E-state index contributed by atoms with van der Waals surface area (Å²) in [5, 5.41) is 3.00. The van der Waals surface area contributed by atoms with Gasteiger partial charge in [-0.2, -0.15) is 0 Å². The lowest BCUT2D eigenvalue weighted by Crippen LogP contribution is -2.49. The molecule has 20 heavy (non-hydrogen) atoms. The highest BCUT2D eigenvalue weighted by Gasteiger charge is 2.32. The molecule has 0 fully saturated rings. The second-order valence-corrected chi connectivity index (χ2v) is 4.69. The number of amides is 2. The van der Waals surface area contributed by atoms with E-state index in [0.29, 0.717) is 17.9 Å². The summed E-state index contributed by atoms with van der Waals surface area (Å²) in [4.78, 5) is 25.2. The summed E-state index contributed by atoms with van der Waals surface area (Å²) in [6.45, 7) is 0.946. The third kappa shape index (κ3) is 3.08. The number of benzene rings is 1. The fourth-order valence-corrected chi connectivity index (χ4v) is 2.17. The Morgan fingerprint density at radius 2 is 2.20 bits per heavy atom. The van der Waals surface area contributed by atoms with Gasteiger partial charge in [-0.15, -0.1) is 0 Å². The van der Waals surface area contributed by atoms with Gasteiger partial charge in [-0.3, -0.25) is 9.59 Å². The smallest absolute Gasteiger partial charge is 0.260 e. The number of nitrogens with one attached hydrogen (secondary N) is 1. The fourth-order valence-electron chi connectivity index (χ4n) is 2.17. The SMILES string of the molecule is CNCCCC(=O)N1CC(C(N)=O)Oc2ccccc21. The van der Waals surface area contributed by atoms with Crippen molar-refractivity contribution in [3.05, 3.63) is 24.3 Å². The Labute approximate surface area is 117 Å². The number of fused-ring (bicyclic) bond motifs is 1. The molecule has 0 aromatic heterocycles. The zero-order valence-electron chi connectivity index (χ0n) is 11.5. The molecule has 2 amide bonds. The predicted molar refractivity (Wildman–Crippen MR) is 75.6 cm³/mol. The number of rotatable bonds is 5. The molecule has 6 nitrogen and oxygen atoms in total. The third-order valence-corrected chi connectivity index (χ3v) is 3.21. The van der Waals surface area contributed by atoms with Crippen LogP contribution in [0.4, 0.5) is 5.69 Å². The molecule has 0 aliphatic carbocycles. The number of ether oxygens (including phenoxy) is 1. The van der Waals surface area contributed by atoms with Crippen molar-refractivity contribution in [1.82, 2.24) is 5.32 Å². The van der Waals surface area contributed by atoms with Gasteiger partial charge in [0.05, 0.1) is 12.2 Å². The van der Waals surface area contributed by atoms with Crippen LogP contribution in [0.5, 0.6) is 5.75 Å². The van der Waals surface area contributed by atoms with Crippen molar-refractivity contribution in [3.8, 4) is 5.75 Å². The number of carbonyl (C=O) groups excluding carboxylic acids is 2. The first kappa shape index (κ1) is 14.3. The van der Waals surface area contributed by atoms with Crippen LogP contribution in [0.3, 0.4) is 0 Å². The summed E-state index contributed by atoms with van der Waals surface area (Å²) in [6.07, 6.45) is 0.370. The molecule has 0 radical (unpaired) electrons. The largest absolute Gasteiger partial charge is 0.477 e. The Morgan fingerprint density at radius 1 is 1.45 bits per heavy atom. The molecular weight excluding hydrogens is 258 g/mol. The molecular formula is C14H19N3O3. The van der Waals surface area contributed by atoms with Crippen molar-refractivity contribution in [3.63, 3.8) is 0 Å². The van der Waals surface area contributed by atoms with Crippen LogP contribution in [0.1, 0.15) is 12.8 Å². The summed E-state index contributed by atoms with van der Waals surface area (Å²) < 4.78 is 5.52. The number of para-hydroxylation sites is 2. The number of hydrogen-bond acceptors (Lipinski definition) is 4. The van der Waals surface area contributed by atoms with Crippen molar-refractivity contribution in [1.29, 1.82) is 0 Å². The lowest BCUT2D eigenvalue weighted by Gasteiger charge is -2.33. The second kappa shape index (κ2) is 6.38. The quantitative estimate of drug-likeness (QED) is 0.756. The van der Waals surface area contributed by atoms with Crippen LogP contribution < -0.4 is 20.7 Å². The zero-order valence-corrected chi connectivity index (χ0v) is 11.5. The summed E-state index contributed by atoms with van der Waals surface area (Å²) in [7, 11) is 1.84. The molecule has 0 spiro atoms. The van der Waals surface area contributed by atoms with E-state index in [1.54, 1.807) is 17.0 Å². The van der Waals surface area contributed by atoms with Gasteiger partial charge in [0.2, 0.25) is 5.91 Å². The van der Waals surface area contributed by atoms with E-state index in [-0.39, 0.29) is 12.5 Å². The second-order valence-electron chi connectivity index (χ2n) is 4.69. The van der Waals surface area contributed by atoms with E-state index < -0.39 is 12.0 Å². The van der Waals surface area contributed by atoms with Crippen molar-refractivity contribution in [2.75, 3.05) is 25.0 Å². The van der Waals surface area contributed by atoms with Crippen LogP contribution in [0.15, 0.2) is 24.3 Å².